The Balaban J connectivity index is 0.00000392. The van der Waals surface area contributed by atoms with Crippen molar-refractivity contribution in [2.45, 2.75) is 39.7 Å². The second-order valence-electron chi connectivity index (χ2n) is 7.69. The number of aliphatic imine (C=N–C) groups is 1. The van der Waals surface area contributed by atoms with Gasteiger partial charge in [0.25, 0.3) is 0 Å². The Morgan fingerprint density at radius 3 is 2.43 bits per heavy atom. The summed E-state index contributed by atoms with van der Waals surface area (Å²) >= 11 is 0. The summed E-state index contributed by atoms with van der Waals surface area (Å²) in [5.74, 6) is 3.03. The molecular formula is C20H33IN6O. The van der Waals surface area contributed by atoms with E-state index in [2.05, 4.69) is 65.5 Å². The maximum atomic E-state index is 5.77. The van der Waals surface area contributed by atoms with Crippen LogP contribution in [0.15, 0.2) is 35.6 Å². The van der Waals surface area contributed by atoms with Crippen LogP contribution in [0.3, 0.4) is 0 Å². The van der Waals surface area contributed by atoms with Crippen LogP contribution in [0.5, 0.6) is 5.75 Å². The van der Waals surface area contributed by atoms with Crippen molar-refractivity contribution in [1.82, 2.24) is 25.4 Å². The Morgan fingerprint density at radius 2 is 1.89 bits per heavy atom. The number of benzene rings is 1. The van der Waals surface area contributed by atoms with Gasteiger partial charge in [-0.05, 0) is 23.6 Å². The second-order valence-corrected chi connectivity index (χ2v) is 7.69. The first-order valence-electron chi connectivity index (χ1n) is 9.32. The van der Waals surface area contributed by atoms with E-state index in [0.717, 1.165) is 30.7 Å². The van der Waals surface area contributed by atoms with Gasteiger partial charge in [0.05, 0.1) is 13.2 Å². The first kappa shape index (κ1) is 24.2. The molecule has 0 unspecified atom stereocenters. The minimum atomic E-state index is -0.0566. The molecule has 7 nitrogen and oxygen atoms in total. The average molecular weight is 500 g/mol. The fourth-order valence-electron chi connectivity index (χ4n) is 2.54. The summed E-state index contributed by atoms with van der Waals surface area (Å²) in [6.45, 7) is 10.8. The van der Waals surface area contributed by atoms with Crippen LogP contribution in [0, 0.1) is 5.92 Å². The molecule has 8 heteroatoms. The van der Waals surface area contributed by atoms with Crippen LogP contribution in [0.1, 0.15) is 39.1 Å². The molecule has 0 saturated carbocycles. The standard InChI is InChI=1S/C20H32N6O.HI/c1-15(2)12-27-17-9-7-16(8-10-17)20(3,4)13-23-19(21-5)22-11-18-24-14-25-26(18)6;/h7-10,14-15H,11-13H2,1-6H3,(H2,21,22,23);1H. The molecule has 2 aromatic rings. The topological polar surface area (TPSA) is 76.4 Å². The van der Waals surface area contributed by atoms with Crippen molar-refractivity contribution in [1.29, 1.82) is 0 Å². The zero-order valence-electron chi connectivity index (χ0n) is 17.7. The zero-order chi connectivity index (χ0) is 19.9. The lowest BCUT2D eigenvalue weighted by atomic mass is 9.84. The molecule has 0 atom stereocenters. The Morgan fingerprint density at radius 1 is 1.21 bits per heavy atom. The van der Waals surface area contributed by atoms with Crippen molar-refractivity contribution in [3.63, 3.8) is 0 Å². The Kier molecular flexibility index (Phi) is 9.71. The van der Waals surface area contributed by atoms with Gasteiger partial charge < -0.3 is 15.4 Å². The fourth-order valence-corrected chi connectivity index (χ4v) is 2.54. The van der Waals surface area contributed by atoms with E-state index in [-0.39, 0.29) is 29.4 Å². The van der Waals surface area contributed by atoms with E-state index in [4.69, 9.17) is 4.74 Å². The number of halogens is 1. The summed E-state index contributed by atoms with van der Waals surface area (Å²) < 4.78 is 7.51. The quantitative estimate of drug-likeness (QED) is 0.331. The van der Waals surface area contributed by atoms with Crippen molar-refractivity contribution in [3.8, 4) is 5.75 Å². The van der Waals surface area contributed by atoms with Crippen LogP contribution in [0.2, 0.25) is 0 Å². The number of aryl methyl sites for hydroxylation is 1. The van der Waals surface area contributed by atoms with Gasteiger partial charge in [-0.1, -0.05) is 39.8 Å². The van der Waals surface area contributed by atoms with Crippen LogP contribution >= 0.6 is 24.0 Å². The van der Waals surface area contributed by atoms with Crippen LogP contribution in [0.4, 0.5) is 0 Å². The van der Waals surface area contributed by atoms with Gasteiger partial charge in [0.15, 0.2) is 5.96 Å². The maximum absolute atomic E-state index is 5.77. The summed E-state index contributed by atoms with van der Waals surface area (Å²) in [6.07, 6.45) is 1.55. The maximum Gasteiger partial charge on any atom is 0.191 e. The SMILES string of the molecule is CN=C(NCc1ncnn1C)NCC(C)(C)c1ccc(OCC(C)C)cc1.I. The number of hydrogen-bond acceptors (Lipinski definition) is 4. The number of nitrogens with zero attached hydrogens (tertiary/aromatic N) is 4. The lowest BCUT2D eigenvalue weighted by Gasteiger charge is -2.27. The van der Waals surface area contributed by atoms with Gasteiger partial charge in [-0.15, -0.1) is 24.0 Å². The molecule has 156 valence electrons. The molecule has 1 aromatic heterocycles. The largest absolute Gasteiger partial charge is 0.493 e. The van der Waals surface area contributed by atoms with Crippen molar-refractivity contribution < 1.29 is 4.74 Å². The predicted molar refractivity (Wildman–Crippen MR) is 124 cm³/mol. The molecule has 0 saturated heterocycles. The molecule has 1 aromatic carbocycles. The molecule has 0 bridgehead atoms. The average Bonchev–Trinajstić information content (AvgIpc) is 3.05. The van der Waals surface area contributed by atoms with Crippen molar-refractivity contribution in [3.05, 3.63) is 42.0 Å². The lowest BCUT2D eigenvalue weighted by molar-refractivity contribution is 0.271. The third-order valence-electron chi connectivity index (χ3n) is 4.36. The minimum Gasteiger partial charge on any atom is -0.493 e. The highest BCUT2D eigenvalue weighted by Crippen LogP contribution is 2.24. The van der Waals surface area contributed by atoms with Crippen molar-refractivity contribution in [2.24, 2.45) is 18.0 Å². The minimum absolute atomic E-state index is 0. The van der Waals surface area contributed by atoms with E-state index < -0.39 is 0 Å². The number of hydrogen-bond donors (Lipinski definition) is 2. The molecule has 0 aliphatic heterocycles. The van der Waals surface area contributed by atoms with Gasteiger partial charge in [-0.3, -0.25) is 9.67 Å². The number of rotatable bonds is 8. The molecule has 0 fully saturated rings. The Hall–Kier alpha value is -1.84. The predicted octanol–water partition coefficient (Wildman–Crippen LogP) is 3.11. The second kappa shape index (κ2) is 11.2. The molecule has 1 heterocycles. The fraction of sp³-hybridized carbons (Fsp3) is 0.550. The molecular weight excluding hydrogens is 467 g/mol. The van der Waals surface area contributed by atoms with Gasteiger partial charge in [0, 0.05) is 26.1 Å². The Labute approximate surface area is 185 Å². The molecule has 0 radical (unpaired) electrons. The summed E-state index contributed by atoms with van der Waals surface area (Å²) in [6, 6.07) is 8.35. The number of ether oxygens (including phenoxy) is 1. The van der Waals surface area contributed by atoms with Crippen molar-refractivity contribution in [2.75, 3.05) is 20.2 Å². The molecule has 2 N–H and O–H groups in total. The van der Waals surface area contributed by atoms with Gasteiger partial charge in [-0.2, -0.15) is 5.10 Å². The van der Waals surface area contributed by atoms with Gasteiger partial charge >= 0.3 is 0 Å². The van der Waals surface area contributed by atoms with E-state index in [1.807, 2.05) is 19.2 Å². The van der Waals surface area contributed by atoms with Crippen LogP contribution in [0.25, 0.3) is 0 Å². The molecule has 0 spiro atoms. The summed E-state index contributed by atoms with van der Waals surface area (Å²) in [7, 11) is 3.64. The molecule has 0 aliphatic carbocycles. The monoisotopic (exact) mass is 500 g/mol. The van der Waals surface area contributed by atoms with Crippen LogP contribution in [-0.2, 0) is 19.0 Å². The third kappa shape index (κ3) is 7.29. The summed E-state index contributed by atoms with van der Waals surface area (Å²) in [4.78, 5) is 8.49. The highest BCUT2D eigenvalue weighted by molar-refractivity contribution is 14.0. The van der Waals surface area contributed by atoms with E-state index >= 15 is 0 Å². The smallest absolute Gasteiger partial charge is 0.191 e. The third-order valence-corrected chi connectivity index (χ3v) is 4.36. The normalized spacial score (nSPS) is 11.9. The van der Waals surface area contributed by atoms with Crippen LogP contribution in [-0.4, -0.2) is 40.9 Å². The highest BCUT2D eigenvalue weighted by Gasteiger charge is 2.21. The molecule has 28 heavy (non-hydrogen) atoms. The lowest BCUT2D eigenvalue weighted by Crippen LogP contribution is -2.43. The molecule has 0 amide bonds. The molecule has 0 aliphatic rings. The highest BCUT2D eigenvalue weighted by atomic mass is 127. The van der Waals surface area contributed by atoms with E-state index in [1.54, 1.807) is 18.1 Å². The number of guanidine groups is 1. The van der Waals surface area contributed by atoms with E-state index in [0.29, 0.717) is 12.5 Å². The van der Waals surface area contributed by atoms with Gasteiger partial charge in [-0.25, -0.2) is 4.98 Å². The van der Waals surface area contributed by atoms with Crippen LogP contribution < -0.4 is 15.4 Å². The zero-order valence-corrected chi connectivity index (χ0v) is 20.0. The summed E-state index contributed by atoms with van der Waals surface area (Å²) in [5.41, 5.74) is 1.19. The first-order chi connectivity index (χ1) is 12.8. The summed E-state index contributed by atoms with van der Waals surface area (Å²) in [5, 5.41) is 10.7. The van der Waals surface area contributed by atoms with E-state index in [1.165, 1.54) is 5.56 Å². The Bertz CT molecular complexity index is 739. The van der Waals surface area contributed by atoms with E-state index in [9.17, 15) is 0 Å². The first-order valence-corrected chi connectivity index (χ1v) is 9.32. The number of aromatic nitrogens is 3. The number of nitrogens with one attached hydrogen (secondary N) is 2. The van der Waals surface area contributed by atoms with Crippen molar-refractivity contribution >= 4 is 29.9 Å². The molecule has 2 rings (SSSR count). The van der Waals surface area contributed by atoms with Gasteiger partial charge in [0.2, 0.25) is 0 Å². The van der Waals surface area contributed by atoms with Gasteiger partial charge in [0.1, 0.15) is 17.9 Å².